The summed E-state index contributed by atoms with van der Waals surface area (Å²) < 4.78 is 83.4. The van der Waals surface area contributed by atoms with Gasteiger partial charge in [0.25, 0.3) is 6.43 Å². The fourth-order valence-electron chi connectivity index (χ4n) is 3.19. The van der Waals surface area contributed by atoms with Crippen molar-refractivity contribution in [3.05, 3.63) is 87.7 Å². The highest BCUT2D eigenvalue weighted by Crippen LogP contribution is 2.44. The molecule has 0 fully saturated rings. The Morgan fingerprint density at radius 3 is 2.00 bits per heavy atom. The van der Waals surface area contributed by atoms with Crippen molar-refractivity contribution in [1.29, 1.82) is 0 Å². The SMILES string of the molecule is Cc1c(C(F)(F)F)nc(C(F)F)c(C(F)c2ccc(Cl)cc2)c1-c1ccccc1. The number of hydrogen-bond donors (Lipinski definition) is 0. The minimum Gasteiger partial charge on any atom is -0.242 e. The van der Waals surface area contributed by atoms with Gasteiger partial charge in [-0.15, -0.1) is 0 Å². The van der Waals surface area contributed by atoms with E-state index in [1.54, 1.807) is 6.07 Å². The third-order valence-electron chi connectivity index (χ3n) is 4.46. The third-order valence-corrected chi connectivity index (χ3v) is 4.71. The normalized spacial score (nSPS) is 13.0. The number of alkyl halides is 6. The van der Waals surface area contributed by atoms with Gasteiger partial charge >= 0.3 is 6.18 Å². The first-order chi connectivity index (χ1) is 13.6. The van der Waals surface area contributed by atoms with Gasteiger partial charge < -0.3 is 0 Å². The number of hydrogen-bond acceptors (Lipinski definition) is 1. The van der Waals surface area contributed by atoms with Gasteiger partial charge in [-0.1, -0.05) is 54.1 Å². The summed E-state index contributed by atoms with van der Waals surface area (Å²) in [5.41, 5.74) is -3.77. The molecule has 0 N–H and O–H groups in total. The van der Waals surface area contributed by atoms with Crippen LogP contribution < -0.4 is 0 Å². The Labute approximate surface area is 168 Å². The van der Waals surface area contributed by atoms with Crippen LogP contribution in [0.4, 0.5) is 26.3 Å². The van der Waals surface area contributed by atoms with Gasteiger partial charge in [0, 0.05) is 10.6 Å². The van der Waals surface area contributed by atoms with Crippen LogP contribution in [0.25, 0.3) is 11.1 Å². The maximum atomic E-state index is 15.5. The summed E-state index contributed by atoms with van der Waals surface area (Å²) in [5, 5.41) is 0.306. The molecule has 1 atom stereocenters. The molecule has 0 amide bonds. The second-order valence-electron chi connectivity index (χ2n) is 6.34. The van der Waals surface area contributed by atoms with Crippen LogP contribution in [0, 0.1) is 6.92 Å². The van der Waals surface area contributed by atoms with E-state index >= 15 is 4.39 Å². The lowest BCUT2D eigenvalue weighted by atomic mass is 9.88. The van der Waals surface area contributed by atoms with Crippen molar-refractivity contribution < 1.29 is 26.3 Å². The number of halogens is 7. The van der Waals surface area contributed by atoms with Gasteiger partial charge in [-0.2, -0.15) is 13.2 Å². The molecule has 0 radical (unpaired) electrons. The predicted octanol–water partition coefficient (Wildman–Crippen LogP) is 7.73. The standard InChI is InChI=1S/C21H14ClF6N/c1-11-15(12-5-3-2-4-6-12)16(17(23)13-7-9-14(22)10-8-13)18(20(24)25)29-19(11)21(26,27)28/h2-10,17,20H,1H3. The Kier molecular flexibility index (Phi) is 5.89. The monoisotopic (exact) mass is 429 g/mol. The Balaban J connectivity index is 2.38. The van der Waals surface area contributed by atoms with Crippen LogP contribution in [0.3, 0.4) is 0 Å². The maximum Gasteiger partial charge on any atom is 0.433 e. The van der Waals surface area contributed by atoms with Crippen molar-refractivity contribution in [3.8, 4) is 11.1 Å². The summed E-state index contributed by atoms with van der Waals surface area (Å²) in [4.78, 5) is 3.15. The van der Waals surface area contributed by atoms with Crippen LogP contribution in [0.2, 0.25) is 5.02 Å². The number of aromatic nitrogens is 1. The average molecular weight is 430 g/mol. The zero-order chi connectivity index (χ0) is 21.3. The average Bonchev–Trinajstić information content (AvgIpc) is 2.67. The lowest BCUT2D eigenvalue weighted by Crippen LogP contribution is -2.17. The van der Waals surface area contributed by atoms with Crippen LogP contribution in [-0.2, 0) is 6.18 Å². The van der Waals surface area contributed by atoms with Crippen LogP contribution in [0.5, 0.6) is 0 Å². The first kappa shape index (κ1) is 21.2. The highest BCUT2D eigenvalue weighted by molar-refractivity contribution is 6.30. The van der Waals surface area contributed by atoms with Crippen molar-refractivity contribution in [2.45, 2.75) is 25.7 Å². The van der Waals surface area contributed by atoms with Gasteiger partial charge in [-0.05, 0) is 41.3 Å². The van der Waals surface area contributed by atoms with E-state index in [4.69, 9.17) is 11.6 Å². The first-order valence-electron chi connectivity index (χ1n) is 8.46. The third kappa shape index (κ3) is 4.24. The molecule has 0 aliphatic rings. The van der Waals surface area contributed by atoms with E-state index in [0.717, 1.165) is 6.92 Å². The molecule has 0 saturated heterocycles. The molecule has 8 heteroatoms. The van der Waals surface area contributed by atoms with E-state index in [1.807, 2.05) is 0 Å². The summed E-state index contributed by atoms with van der Waals surface area (Å²) in [5.74, 6) is 0. The molecule has 0 spiro atoms. The molecular weight excluding hydrogens is 416 g/mol. The fourth-order valence-corrected chi connectivity index (χ4v) is 3.31. The summed E-state index contributed by atoms with van der Waals surface area (Å²) in [6.07, 6.45) is -10.5. The molecule has 1 unspecified atom stereocenters. The zero-order valence-corrected chi connectivity index (χ0v) is 15.7. The molecule has 1 heterocycles. The van der Waals surface area contributed by atoms with Crippen molar-refractivity contribution in [2.75, 3.05) is 0 Å². The molecule has 3 aromatic rings. The molecular formula is C21H14ClF6N. The molecule has 0 saturated carbocycles. The highest BCUT2D eigenvalue weighted by atomic mass is 35.5. The Hall–Kier alpha value is -2.54. The largest absolute Gasteiger partial charge is 0.433 e. The van der Waals surface area contributed by atoms with Gasteiger partial charge in [0.2, 0.25) is 0 Å². The number of nitrogens with zero attached hydrogens (tertiary/aromatic N) is 1. The quantitative estimate of drug-likeness (QED) is 0.387. The van der Waals surface area contributed by atoms with Gasteiger partial charge in [0.05, 0.1) is 0 Å². The molecule has 0 aliphatic carbocycles. The molecule has 1 nitrogen and oxygen atoms in total. The van der Waals surface area contributed by atoms with Gasteiger partial charge in [0.1, 0.15) is 11.4 Å². The summed E-state index contributed by atoms with van der Waals surface area (Å²) in [7, 11) is 0. The topological polar surface area (TPSA) is 12.9 Å². The predicted molar refractivity (Wildman–Crippen MR) is 98.8 cm³/mol. The lowest BCUT2D eigenvalue weighted by molar-refractivity contribution is -0.141. The Morgan fingerprint density at radius 2 is 1.48 bits per heavy atom. The van der Waals surface area contributed by atoms with E-state index < -0.39 is 41.3 Å². The second-order valence-corrected chi connectivity index (χ2v) is 6.77. The number of rotatable bonds is 4. The van der Waals surface area contributed by atoms with Crippen molar-refractivity contribution in [1.82, 2.24) is 4.98 Å². The zero-order valence-electron chi connectivity index (χ0n) is 14.9. The van der Waals surface area contributed by atoms with Crippen LogP contribution in [0.1, 0.15) is 40.7 Å². The van der Waals surface area contributed by atoms with E-state index in [9.17, 15) is 22.0 Å². The highest BCUT2D eigenvalue weighted by Gasteiger charge is 2.39. The van der Waals surface area contributed by atoms with E-state index in [2.05, 4.69) is 4.98 Å². The van der Waals surface area contributed by atoms with E-state index in [-0.39, 0.29) is 16.7 Å². The lowest BCUT2D eigenvalue weighted by Gasteiger charge is -2.23. The molecule has 152 valence electrons. The van der Waals surface area contributed by atoms with Gasteiger partial charge in [-0.25, -0.2) is 18.2 Å². The molecule has 1 aromatic heterocycles. The van der Waals surface area contributed by atoms with Crippen LogP contribution in [0.15, 0.2) is 54.6 Å². The minimum atomic E-state index is -4.97. The summed E-state index contributed by atoms with van der Waals surface area (Å²) >= 11 is 5.79. The molecule has 0 aliphatic heterocycles. The van der Waals surface area contributed by atoms with Crippen molar-refractivity contribution in [2.24, 2.45) is 0 Å². The van der Waals surface area contributed by atoms with Crippen LogP contribution in [-0.4, -0.2) is 4.98 Å². The molecule has 2 aromatic carbocycles. The second kappa shape index (κ2) is 8.06. The molecule has 0 bridgehead atoms. The smallest absolute Gasteiger partial charge is 0.242 e. The Morgan fingerprint density at radius 1 is 0.897 bits per heavy atom. The van der Waals surface area contributed by atoms with Crippen molar-refractivity contribution >= 4 is 11.6 Å². The van der Waals surface area contributed by atoms with E-state index in [0.29, 0.717) is 5.02 Å². The van der Waals surface area contributed by atoms with Crippen molar-refractivity contribution in [3.63, 3.8) is 0 Å². The Bertz CT molecular complexity index is 1000. The summed E-state index contributed by atoms with van der Waals surface area (Å²) in [6, 6.07) is 12.9. The number of benzene rings is 2. The van der Waals surface area contributed by atoms with Gasteiger partial charge in [-0.3, -0.25) is 0 Å². The summed E-state index contributed by atoms with van der Waals surface area (Å²) in [6.45, 7) is 1.10. The van der Waals surface area contributed by atoms with E-state index in [1.165, 1.54) is 48.5 Å². The minimum absolute atomic E-state index is 0.0190. The maximum absolute atomic E-state index is 15.5. The van der Waals surface area contributed by atoms with Gasteiger partial charge in [0.15, 0.2) is 6.17 Å². The number of pyridine rings is 1. The fraction of sp³-hybridized carbons (Fsp3) is 0.190. The molecule has 29 heavy (non-hydrogen) atoms. The molecule has 3 rings (SSSR count). The van der Waals surface area contributed by atoms with Crippen LogP contribution >= 0.6 is 11.6 Å². The first-order valence-corrected chi connectivity index (χ1v) is 8.83.